The Morgan fingerprint density at radius 1 is 0.961 bits per heavy atom. The number of hydrogen-bond acceptors (Lipinski definition) is 6. The fourth-order valence-electron chi connectivity index (χ4n) is 11.5. The lowest BCUT2D eigenvalue weighted by molar-refractivity contribution is -0.279. The van der Waals surface area contributed by atoms with Gasteiger partial charge >= 0.3 is 12.1 Å². The average molecular weight is 710 g/mol. The molecule has 4 aliphatic carbocycles. The van der Waals surface area contributed by atoms with E-state index in [0.717, 1.165) is 77.9 Å². The molecule has 278 valence electrons. The Morgan fingerprint density at radius 3 is 2.43 bits per heavy atom. The van der Waals surface area contributed by atoms with Crippen molar-refractivity contribution in [3.05, 3.63) is 77.6 Å². The van der Waals surface area contributed by atoms with Gasteiger partial charge < -0.3 is 18.9 Å². The largest absolute Gasteiger partial charge is 0.453 e. The van der Waals surface area contributed by atoms with Gasteiger partial charge in [-0.05, 0) is 117 Å². The number of alkyl halides is 3. The van der Waals surface area contributed by atoms with E-state index in [4.69, 9.17) is 18.9 Å². The molecule has 0 amide bonds. The van der Waals surface area contributed by atoms with E-state index >= 15 is 0 Å². The Balaban J connectivity index is 1.12. The van der Waals surface area contributed by atoms with Gasteiger partial charge in [0.1, 0.15) is 6.10 Å². The summed E-state index contributed by atoms with van der Waals surface area (Å²) in [5.74, 6) is 0.0345. The summed E-state index contributed by atoms with van der Waals surface area (Å²) < 4.78 is 68.3. The van der Waals surface area contributed by atoms with Gasteiger partial charge in [0.2, 0.25) is 0 Å². The first-order valence-corrected chi connectivity index (χ1v) is 19.2. The number of esters is 1. The lowest BCUT2D eigenvalue weighted by Crippen LogP contribution is -2.53. The van der Waals surface area contributed by atoms with Crippen LogP contribution in [0.3, 0.4) is 0 Å². The Hall–Kier alpha value is -2.75. The van der Waals surface area contributed by atoms with E-state index < -0.39 is 23.9 Å². The van der Waals surface area contributed by atoms with E-state index in [-0.39, 0.29) is 40.6 Å². The summed E-state index contributed by atoms with van der Waals surface area (Å²) >= 11 is 0. The molecular weight excluding hydrogens is 655 g/mol. The summed E-state index contributed by atoms with van der Waals surface area (Å²) in [6.07, 6.45) is 9.92. The topological polar surface area (TPSA) is 66.9 Å². The molecule has 1 aliphatic heterocycles. The normalized spacial score (nSPS) is 36.0. The van der Waals surface area contributed by atoms with Gasteiger partial charge in [-0.2, -0.15) is 13.2 Å². The van der Waals surface area contributed by atoms with Crippen molar-refractivity contribution in [2.75, 3.05) is 13.7 Å². The second kappa shape index (κ2) is 14.2. The van der Waals surface area contributed by atoms with Gasteiger partial charge in [-0.1, -0.05) is 68.8 Å². The number of pyridine rings is 1. The van der Waals surface area contributed by atoms with Gasteiger partial charge in [-0.15, -0.1) is 0 Å². The standard InChI is InChI=1S/C42H54F3NO5/c1-27(37(35-14-8-10-24-46-35)51-38(47)41(48-4,42(43,44)45)28-12-6-5-7-13-28)32-18-19-33-31-17-16-29-26-30(50-36-15-9-11-25-49-36)20-22-39(29,2)34(31)21-23-40(32,33)3/h5-8,10,12-14,16,24,27,30-34,36-37H,9,11,15,17-23,25-26H2,1-4H3/t27-,30-,31-,32+,33-,34-,36?,37-,39-,40+,41+/m0/s1. The van der Waals surface area contributed by atoms with Gasteiger partial charge in [-0.25, -0.2) is 4.79 Å². The van der Waals surface area contributed by atoms with Crippen LogP contribution in [-0.2, 0) is 29.3 Å². The van der Waals surface area contributed by atoms with Crippen molar-refractivity contribution in [2.24, 2.45) is 40.4 Å². The first kappa shape index (κ1) is 36.6. The maximum atomic E-state index is 14.9. The monoisotopic (exact) mass is 709 g/mol. The zero-order valence-electron chi connectivity index (χ0n) is 30.5. The molecule has 1 saturated heterocycles. The SMILES string of the molecule is CO[C@@](C(=O)O[C@H](c1ccccn1)[C@@H](C)[C@H]1CC[C@H]2[C@@H]3CC=C4C[C@@H](OC5CCCCO5)CC[C@]4(C)[C@H]3CC[C@]12C)(c1ccccc1)C(F)(F)F. The predicted molar refractivity (Wildman–Crippen MR) is 187 cm³/mol. The number of methoxy groups -OCH3 is 1. The van der Waals surface area contributed by atoms with Crippen molar-refractivity contribution >= 4 is 5.97 Å². The van der Waals surface area contributed by atoms with Crippen LogP contribution in [0.25, 0.3) is 0 Å². The van der Waals surface area contributed by atoms with Gasteiger partial charge in [0.15, 0.2) is 6.29 Å². The average Bonchev–Trinajstić information content (AvgIpc) is 3.49. The van der Waals surface area contributed by atoms with E-state index in [1.54, 1.807) is 36.0 Å². The summed E-state index contributed by atoms with van der Waals surface area (Å²) in [7, 11) is 0.914. The molecule has 4 fully saturated rings. The molecule has 0 N–H and O–H groups in total. The number of carbonyl (C=O) groups excluding carboxylic acids is 1. The molecule has 2 aromatic rings. The van der Waals surface area contributed by atoms with E-state index in [1.165, 1.54) is 30.7 Å². The van der Waals surface area contributed by atoms with E-state index in [9.17, 15) is 18.0 Å². The Bertz CT molecular complexity index is 1550. The van der Waals surface area contributed by atoms with Crippen LogP contribution < -0.4 is 0 Å². The molecular formula is C42H54F3NO5. The molecule has 9 heteroatoms. The minimum Gasteiger partial charge on any atom is -0.453 e. The lowest BCUT2D eigenvalue weighted by atomic mass is 9.47. The number of allylic oxidation sites excluding steroid dienone is 1. The molecule has 6 nitrogen and oxygen atoms in total. The number of halogens is 3. The third-order valence-electron chi connectivity index (χ3n) is 14.1. The fraction of sp³-hybridized carbons (Fsp3) is 0.667. The molecule has 7 rings (SSSR count). The minimum absolute atomic E-state index is 0.0395. The predicted octanol–water partition coefficient (Wildman–Crippen LogP) is 9.90. The van der Waals surface area contributed by atoms with Crippen molar-refractivity contribution in [2.45, 2.75) is 122 Å². The number of carbonyl (C=O) groups is 1. The minimum atomic E-state index is -5.06. The molecule has 51 heavy (non-hydrogen) atoms. The highest BCUT2D eigenvalue weighted by molar-refractivity contribution is 5.83. The molecule has 1 aromatic carbocycles. The first-order chi connectivity index (χ1) is 24.4. The Morgan fingerprint density at radius 2 is 1.75 bits per heavy atom. The summed E-state index contributed by atoms with van der Waals surface area (Å²) in [5.41, 5.74) is -1.45. The molecule has 0 radical (unpaired) electrons. The third-order valence-corrected chi connectivity index (χ3v) is 14.1. The molecule has 5 aliphatic rings. The highest BCUT2D eigenvalue weighted by atomic mass is 19.4. The number of aromatic nitrogens is 1. The first-order valence-electron chi connectivity index (χ1n) is 19.2. The smallest absolute Gasteiger partial charge is 0.432 e. The van der Waals surface area contributed by atoms with E-state index in [1.807, 2.05) is 6.92 Å². The number of rotatable bonds is 9. The highest BCUT2D eigenvalue weighted by Crippen LogP contribution is 2.68. The summed E-state index contributed by atoms with van der Waals surface area (Å²) in [6, 6.07) is 12.3. The third kappa shape index (κ3) is 6.37. The molecule has 2 heterocycles. The van der Waals surface area contributed by atoms with Crippen LogP contribution in [0, 0.1) is 40.4 Å². The van der Waals surface area contributed by atoms with Gasteiger partial charge in [0.05, 0.1) is 11.8 Å². The van der Waals surface area contributed by atoms with Crippen LogP contribution >= 0.6 is 0 Å². The van der Waals surface area contributed by atoms with E-state index in [0.29, 0.717) is 23.4 Å². The summed E-state index contributed by atoms with van der Waals surface area (Å²) in [4.78, 5) is 18.5. The van der Waals surface area contributed by atoms with Crippen LogP contribution in [0.5, 0.6) is 0 Å². The molecule has 1 unspecified atom stereocenters. The fourth-order valence-corrected chi connectivity index (χ4v) is 11.5. The van der Waals surface area contributed by atoms with Crippen LogP contribution in [0.1, 0.15) is 109 Å². The Kier molecular flexibility index (Phi) is 10.2. The van der Waals surface area contributed by atoms with Crippen LogP contribution in [0.15, 0.2) is 66.4 Å². The van der Waals surface area contributed by atoms with Crippen molar-refractivity contribution in [1.29, 1.82) is 0 Å². The van der Waals surface area contributed by atoms with E-state index in [2.05, 4.69) is 24.9 Å². The molecule has 11 atom stereocenters. The van der Waals surface area contributed by atoms with Crippen LogP contribution in [0.4, 0.5) is 13.2 Å². The second-order valence-electron chi connectivity index (χ2n) is 16.5. The molecule has 0 spiro atoms. The number of nitrogens with zero attached hydrogens (tertiary/aromatic N) is 1. The van der Waals surface area contributed by atoms with Gasteiger partial charge in [-0.3, -0.25) is 4.98 Å². The molecule has 0 bridgehead atoms. The lowest BCUT2D eigenvalue weighted by Gasteiger charge is -2.58. The number of fused-ring (bicyclic) bond motifs is 5. The van der Waals surface area contributed by atoms with Gasteiger partial charge in [0.25, 0.3) is 5.60 Å². The van der Waals surface area contributed by atoms with Crippen LogP contribution in [-0.4, -0.2) is 43.2 Å². The van der Waals surface area contributed by atoms with Gasteiger partial charge in [0, 0.05) is 31.4 Å². The van der Waals surface area contributed by atoms with Crippen molar-refractivity contribution in [1.82, 2.24) is 4.98 Å². The number of hydrogen-bond donors (Lipinski definition) is 0. The molecule has 1 aromatic heterocycles. The van der Waals surface area contributed by atoms with Crippen molar-refractivity contribution in [3.8, 4) is 0 Å². The number of benzene rings is 1. The van der Waals surface area contributed by atoms with Crippen molar-refractivity contribution in [3.63, 3.8) is 0 Å². The zero-order valence-corrected chi connectivity index (χ0v) is 30.5. The maximum Gasteiger partial charge on any atom is 0.432 e. The number of ether oxygens (including phenoxy) is 4. The maximum absolute atomic E-state index is 14.9. The second-order valence-corrected chi connectivity index (χ2v) is 16.5. The molecule has 3 saturated carbocycles. The Labute approximate surface area is 300 Å². The highest BCUT2D eigenvalue weighted by Gasteiger charge is 2.65. The zero-order chi connectivity index (χ0) is 36.0. The van der Waals surface area contributed by atoms with Crippen molar-refractivity contribution < 1.29 is 36.9 Å². The van der Waals surface area contributed by atoms with Crippen LogP contribution in [0.2, 0.25) is 0 Å². The quantitative estimate of drug-likeness (QED) is 0.191. The summed E-state index contributed by atoms with van der Waals surface area (Å²) in [6.45, 7) is 7.72. The summed E-state index contributed by atoms with van der Waals surface area (Å²) in [5, 5.41) is 0.